The van der Waals surface area contributed by atoms with Gasteiger partial charge in [0, 0.05) is 20.8 Å². The Hall–Kier alpha value is -1.97. The third kappa shape index (κ3) is 6.29. The van der Waals surface area contributed by atoms with E-state index in [1.54, 1.807) is 0 Å². The number of aliphatic hydroxyl groups excluding tert-OH is 1. The lowest BCUT2D eigenvalue weighted by Gasteiger charge is -2.42. The van der Waals surface area contributed by atoms with E-state index in [0.29, 0.717) is 0 Å². The van der Waals surface area contributed by atoms with Gasteiger partial charge in [-0.1, -0.05) is 0 Å². The van der Waals surface area contributed by atoms with Crippen LogP contribution >= 0.6 is 0 Å². The van der Waals surface area contributed by atoms with Crippen LogP contribution in [0.3, 0.4) is 0 Å². The second kappa shape index (κ2) is 9.02. The van der Waals surface area contributed by atoms with Crippen molar-refractivity contribution in [3.63, 3.8) is 0 Å². The number of esters is 3. The molecule has 162 valence electrons. The van der Waals surface area contributed by atoms with Crippen molar-refractivity contribution >= 4 is 28.0 Å². The highest BCUT2D eigenvalue weighted by atomic mass is 32.2. The molecule has 0 bridgehead atoms. The molecule has 5 atom stereocenters. The number of hydrogen-bond donors (Lipinski definition) is 1. The summed E-state index contributed by atoms with van der Waals surface area (Å²) in [5, 5.41) is 9.94. The molecule has 0 radical (unpaired) electrons. The van der Waals surface area contributed by atoms with Crippen molar-refractivity contribution in [1.82, 2.24) is 0 Å². The second-order valence-corrected chi connectivity index (χ2v) is 7.04. The van der Waals surface area contributed by atoms with Crippen molar-refractivity contribution in [2.75, 3.05) is 6.61 Å². The third-order valence-corrected chi connectivity index (χ3v) is 4.23. The summed E-state index contributed by atoms with van der Waals surface area (Å²) >= 11 is 0. The molecule has 0 aliphatic carbocycles. The van der Waals surface area contributed by atoms with Gasteiger partial charge in [0.05, 0.1) is 0 Å². The fourth-order valence-electron chi connectivity index (χ4n) is 2.19. The second-order valence-electron chi connectivity index (χ2n) is 5.48. The molecule has 15 heteroatoms. The van der Waals surface area contributed by atoms with Crippen LogP contribution in [0, 0.1) is 0 Å². The Morgan fingerprint density at radius 3 is 1.89 bits per heavy atom. The Morgan fingerprint density at radius 2 is 1.46 bits per heavy atom. The predicted molar refractivity (Wildman–Crippen MR) is 78.5 cm³/mol. The average molecular weight is 438 g/mol. The number of halogens is 3. The molecule has 1 aliphatic heterocycles. The first-order valence-corrected chi connectivity index (χ1v) is 8.87. The maximum absolute atomic E-state index is 12.7. The maximum Gasteiger partial charge on any atom is 0.523 e. The topological polar surface area (TPSA) is 152 Å². The van der Waals surface area contributed by atoms with Crippen LogP contribution in [0.5, 0.6) is 0 Å². The molecule has 0 saturated carbocycles. The van der Waals surface area contributed by atoms with Crippen LogP contribution in [0.15, 0.2) is 0 Å². The summed E-state index contributed by atoms with van der Waals surface area (Å²) in [6.45, 7) is 1.88. The van der Waals surface area contributed by atoms with E-state index in [0.717, 1.165) is 20.8 Å². The Labute approximate surface area is 156 Å². The molecule has 0 aromatic carbocycles. The van der Waals surface area contributed by atoms with Crippen molar-refractivity contribution in [3.05, 3.63) is 0 Å². The summed E-state index contributed by atoms with van der Waals surface area (Å²) in [5.74, 6) is -3.09. The molecule has 1 heterocycles. The highest BCUT2D eigenvalue weighted by molar-refractivity contribution is 7.87. The summed E-state index contributed by atoms with van der Waals surface area (Å²) in [4.78, 5) is 33.5. The third-order valence-electron chi connectivity index (χ3n) is 3.19. The molecule has 0 unspecified atom stereocenters. The maximum atomic E-state index is 12.7. The minimum absolute atomic E-state index is 0.747. The molecule has 11 nitrogen and oxygen atoms in total. The summed E-state index contributed by atoms with van der Waals surface area (Å²) in [6.07, 6.45) is -10.3. The molecular formula is C13H17F3O11S. The lowest BCUT2D eigenvalue weighted by Crippen LogP contribution is -2.62. The molecule has 1 rings (SSSR count). The van der Waals surface area contributed by atoms with Crippen molar-refractivity contribution in [1.29, 1.82) is 0 Å². The predicted octanol–water partition coefficient (Wildman–Crippen LogP) is -0.635. The van der Waals surface area contributed by atoms with E-state index < -0.39 is 70.8 Å². The normalized spacial score (nSPS) is 28.3. The SMILES string of the molecule is CC(=O)OC[C@H]1O[C@H](O)[C@H](OC(C)=O)[C@@H](OS(=O)(=O)C(F)(F)F)[C@H]1OC(C)=O. The first-order chi connectivity index (χ1) is 12.7. The van der Waals surface area contributed by atoms with Crippen LogP contribution in [-0.2, 0) is 47.6 Å². The molecular weight excluding hydrogens is 421 g/mol. The minimum atomic E-state index is -6.27. The molecule has 0 aromatic heterocycles. The zero-order valence-electron chi connectivity index (χ0n) is 14.7. The summed E-state index contributed by atoms with van der Waals surface area (Å²) in [5.41, 5.74) is -5.87. The number of carbonyl (C=O) groups excluding carboxylic acids is 3. The van der Waals surface area contributed by atoms with Gasteiger partial charge in [-0.25, -0.2) is 0 Å². The van der Waals surface area contributed by atoms with E-state index in [1.165, 1.54) is 0 Å². The Morgan fingerprint density at radius 1 is 0.964 bits per heavy atom. The van der Waals surface area contributed by atoms with Gasteiger partial charge in [0.25, 0.3) is 0 Å². The Kier molecular flexibility index (Phi) is 7.75. The monoisotopic (exact) mass is 438 g/mol. The van der Waals surface area contributed by atoms with E-state index in [-0.39, 0.29) is 0 Å². The van der Waals surface area contributed by atoms with Gasteiger partial charge in [0.15, 0.2) is 24.6 Å². The fourth-order valence-corrected chi connectivity index (χ4v) is 2.81. The highest BCUT2D eigenvalue weighted by Crippen LogP contribution is 2.33. The van der Waals surface area contributed by atoms with Gasteiger partial charge in [0.2, 0.25) is 0 Å². The molecule has 0 aromatic rings. The van der Waals surface area contributed by atoms with Crippen LogP contribution in [-0.4, -0.2) is 74.3 Å². The molecule has 0 spiro atoms. The lowest BCUT2D eigenvalue weighted by atomic mass is 9.98. The lowest BCUT2D eigenvalue weighted by molar-refractivity contribution is -0.289. The number of alkyl halides is 3. The van der Waals surface area contributed by atoms with Crippen molar-refractivity contribution in [2.24, 2.45) is 0 Å². The highest BCUT2D eigenvalue weighted by Gasteiger charge is 2.57. The van der Waals surface area contributed by atoms with Crippen LogP contribution in [0.25, 0.3) is 0 Å². The van der Waals surface area contributed by atoms with Gasteiger partial charge in [-0.3, -0.25) is 18.6 Å². The molecule has 1 aliphatic rings. The Balaban J connectivity index is 3.35. The minimum Gasteiger partial charge on any atom is -0.463 e. The van der Waals surface area contributed by atoms with Crippen LogP contribution in [0.1, 0.15) is 20.8 Å². The summed E-state index contributed by atoms with van der Waals surface area (Å²) in [7, 11) is -6.27. The standard InChI is InChI=1S/C13H17F3O11S/c1-5(17)23-4-8-9(24-6(2)18)10(27-28(21,22)13(14,15)16)11(12(20)26-8)25-7(3)19/h8-12,20H,4H2,1-3H3/t8-,9+,10+,11-,12+/m1/s1. The number of rotatable bonds is 6. The molecule has 1 N–H and O–H groups in total. The van der Waals surface area contributed by atoms with Crippen LogP contribution in [0.4, 0.5) is 13.2 Å². The van der Waals surface area contributed by atoms with Gasteiger partial charge in [-0.2, -0.15) is 21.6 Å². The number of ether oxygens (including phenoxy) is 4. The van der Waals surface area contributed by atoms with E-state index in [9.17, 15) is 41.1 Å². The fraction of sp³-hybridized carbons (Fsp3) is 0.769. The number of carbonyl (C=O) groups is 3. The average Bonchev–Trinajstić information content (AvgIpc) is 2.49. The van der Waals surface area contributed by atoms with Crippen LogP contribution in [0.2, 0.25) is 0 Å². The van der Waals surface area contributed by atoms with E-state index in [4.69, 9.17) is 9.47 Å². The number of aliphatic hydroxyl groups is 1. The van der Waals surface area contributed by atoms with Gasteiger partial charge >= 0.3 is 33.5 Å². The zero-order valence-corrected chi connectivity index (χ0v) is 15.5. The molecule has 0 amide bonds. The van der Waals surface area contributed by atoms with E-state index in [1.807, 2.05) is 0 Å². The molecule has 1 saturated heterocycles. The summed E-state index contributed by atoms with van der Waals surface area (Å²) in [6, 6.07) is 0. The Bertz CT molecular complexity index is 705. The first kappa shape index (κ1) is 24.1. The largest absolute Gasteiger partial charge is 0.523 e. The smallest absolute Gasteiger partial charge is 0.463 e. The van der Waals surface area contributed by atoms with Gasteiger partial charge in [0.1, 0.15) is 12.7 Å². The van der Waals surface area contributed by atoms with Gasteiger partial charge in [-0.05, 0) is 0 Å². The van der Waals surface area contributed by atoms with E-state index >= 15 is 0 Å². The van der Waals surface area contributed by atoms with Gasteiger partial charge in [-0.15, -0.1) is 0 Å². The molecule has 28 heavy (non-hydrogen) atoms. The van der Waals surface area contributed by atoms with Crippen molar-refractivity contribution in [2.45, 2.75) is 57.0 Å². The zero-order chi connectivity index (χ0) is 21.9. The van der Waals surface area contributed by atoms with Crippen LogP contribution < -0.4 is 0 Å². The van der Waals surface area contributed by atoms with Crippen molar-refractivity contribution in [3.8, 4) is 0 Å². The first-order valence-electron chi connectivity index (χ1n) is 7.46. The van der Waals surface area contributed by atoms with Gasteiger partial charge < -0.3 is 24.1 Å². The number of hydrogen-bond acceptors (Lipinski definition) is 11. The molecule has 1 fully saturated rings. The quantitative estimate of drug-likeness (QED) is 0.244. The summed E-state index contributed by atoms with van der Waals surface area (Å²) < 4.78 is 84.0. The van der Waals surface area contributed by atoms with E-state index in [2.05, 4.69) is 13.7 Å². The van der Waals surface area contributed by atoms with Crippen molar-refractivity contribution < 1.29 is 64.2 Å².